The van der Waals surface area contributed by atoms with Gasteiger partial charge in [-0.3, -0.25) is 4.79 Å². The normalized spacial score (nSPS) is 19.1. The van der Waals surface area contributed by atoms with Crippen molar-refractivity contribution in [3.05, 3.63) is 53.1 Å². The lowest BCUT2D eigenvalue weighted by molar-refractivity contribution is -0.133. The molecule has 1 aliphatic heterocycles. The molecular formula is C20H21N5OS. The molecule has 1 aliphatic carbocycles. The minimum Gasteiger partial charge on any atom is -0.331 e. The van der Waals surface area contributed by atoms with Crippen LogP contribution in [0.25, 0.3) is 10.6 Å². The number of benzene rings is 1. The molecule has 5 rings (SSSR count). The van der Waals surface area contributed by atoms with E-state index in [0.29, 0.717) is 18.9 Å². The molecule has 0 bridgehead atoms. The maximum absolute atomic E-state index is 12.9. The van der Waals surface area contributed by atoms with Gasteiger partial charge in [0.1, 0.15) is 10.8 Å². The first kappa shape index (κ1) is 16.6. The quantitative estimate of drug-likeness (QED) is 0.697. The molecule has 0 spiro atoms. The predicted molar refractivity (Wildman–Crippen MR) is 103 cm³/mol. The summed E-state index contributed by atoms with van der Waals surface area (Å²) in [6, 6.07) is 10.0. The maximum atomic E-state index is 12.9. The monoisotopic (exact) mass is 379 g/mol. The van der Waals surface area contributed by atoms with Crippen LogP contribution in [0.4, 0.5) is 0 Å². The van der Waals surface area contributed by atoms with Crippen molar-refractivity contribution >= 4 is 17.2 Å². The molecule has 0 radical (unpaired) electrons. The van der Waals surface area contributed by atoms with Crippen molar-refractivity contribution in [2.45, 2.75) is 44.7 Å². The van der Waals surface area contributed by atoms with Gasteiger partial charge in [0.25, 0.3) is 0 Å². The molecule has 138 valence electrons. The van der Waals surface area contributed by atoms with Crippen LogP contribution in [-0.2, 0) is 17.8 Å². The fraction of sp³-hybridized carbons (Fsp3) is 0.400. The fourth-order valence-corrected chi connectivity index (χ4v) is 4.42. The number of nitrogens with zero attached hydrogens (tertiary/aromatic N) is 5. The number of carbonyl (C=O) groups is 1. The van der Waals surface area contributed by atoms with Crippen LogP contribution < -0.4 is 0 Å². The largest absolute Gasteiger partial charge is 0.331 e. The number of hydrogen-bond acceptors (Lipinski definition) is 5. The zero-order chi connectivity index (χ0) is 18.4. The summed E-state index contributed by atoms with van der Waals surface area (Å²) in [5.41, 5.74) is 1.93. The Hall–Kier alpha value is -2.54. The smallest absolute Gasteiger partial charge is 0.229 e. The molecule has 2 aliphatic rings. The molecule has 1 saturated carbocycles. The molecule has 3 aromatic rings. The number of amides is 1. The average Bonchev–Trinajstić information content (AvgIpc) is 3.27. The van der Waals surface area contributed by atoms with Gasteiger partial charge in [-0.2, -0.15) is 5.10 Å². The van der Waals surface area contributed by atoms with Gasteiger partial charge in [-0.15, -0.1) is 11.3 Å². The topological polar surface area (TPSA) is 63.9 Å². The van der Waals surface area contributed by atoms with Gasteiger partial charge in [0, 0.05) is 23.4 Å². The zero-order valence-electron chi connectivity index (χ0n) is 15.2. The van der Waals surface area contributed by atoms with E-state index in [2.05, 4.69) is 10.1 Å². The second-order valence-electron chi connectivity index (χ2n) is 7.28. The predicted octanol–water partition coefficient (Wildman–Crippen LogP) is 3.42. The summed E-state index contributed by atoms with van der Waals surface area (Å²) in [5.74, 6) is 2.51. The van der Waals surface area contributed by atoms with Crippen LogP contribution in [0.2, 0.25) is 0 Å². The zero-order valence-corrected chi connectivity index (χ0v) is 16.0. The lowest BCUT2D eigenvalue weighted by Crippen LogP contribution is -2.42. The summed E-state index contributed by atoms with van der Waals surface area (Å²) in [6.45, 7) is 3.44. The van der Waals surface area contributed by atoms with E-state index in [1.165, 1.54) is 12.8 Å². The second kappa shape index (κ2) is 6.56. The SMILES string of the molecule is C[C@@H]1c2nc(C3CC3)nn2CCN1C(=O)Cc1csc(-c2ccccc2)n1. The lowest BCUT2D eigenvalue weighted by Gasteiger charge is -2.32. The Morgan fingerprint density at radius 3 is 2.78 bits per heavy atom. The van der Waals surface area contributed by atoms with E-state index in [4.69, 9.17) is 4.98 Å². The third-order valence-corrected chi connectivity index (χ3v) is 6.22. The highest BCUT2D eigenvalue weighted by molar-refractivity contribution is 7.13. The highest BCUT2D eigenvalue weighted by atomic mass is 32.1. The van der Waals surface area contributed by atoms with Crippen molar-refractivity contribution in [1.29, 1.82) is 0 Å². The number of rotatable bonds is 4. The Balaban J connectivity index is 1.30. The molecule has 1 atom stereocenters. The summed E-state index contributed by atoms with van der Waals surface area (Å²) in [4.78, 5) is 24.2. The van der Waals surface area contributed by atoms with Crippen molar-refractivity contribution < 1.29 is 4.79 Å². The van der Waals surface area contributed by atoms with E-state index in [9.17, 15) is 4.79 Å². The van der Waals surface area contributed by atoms with Gasteiger partial charge in [-0.25, -0.2) is 14.6 Å². The molecular weight excluding hydrogens is 358 g/mol. The molecule has 1 fully saturated rings. The summed E-state index contributed by atoms with van der Waals surface area (Å²) in [7, 11) is 0. The Morgan fingerprint density at radius 1 is 1.19 bits per heavy atom. The summed E-state index contributed by atoms with van der Waals surface area (Å²) in [5, 5.41) is 7.58. The van der Waals surface area contributed by atoms with Crippen LogP contribution in [0.15, 0.2) is 35.7 Å². The third-order valence-electron chi connectivity index (χ3n) is 5.28. The number of thiazole rings is 1. The third kappa shape index (κ3) is 3.16. The molecule has 3 heterocycles. The van der Waals surface area contributed by atoms with E-state index in [0.717, 1.165) is 34.5 Å². The van der Waals surface area contributed by atoms with Gasteiger partial charge in [0.2, 0.25) is 5.91 Å². The fourth-order valence-electron chi connectivity index (χ4n) is 3.59. The van der Waals surface area contributed by atoms with E-state index >= 15 is 0 Å². The molecule has 7 heteroatoms. The van der Waals surface area contributed by atoms with Gasteiger partial charge in [0.15, 0.2) is 5.82 Å². The molecule has 2 aromatic heterocycles. The molecule has 1 aromatic carbocycles. The maximum Gasteiger partial charge on any atom is 0.229 e. The molecule has 0 saturated heterocycles. The second-order valence-corrected chi connectivity index (χ2v) is 8.13. The van der Waals surface area contributed by atoms with Crippen molar-refractivity contribution in [1.82, 2.24) is 24.6 Å². The first-order valence-corrected chi connectivity index (χ1v) is 10.3. The minimum absolute atomic E-state index is 0.0431. The summed E-state index contributed by atoms with van der Waals surface area (Å²) in [6.07, 6.45) is 2.71. The van der Waals surface area contributed by atoms with Crippen molar-refractivity contribution in [3.63, 3.8) is 0 Å². The average molecular weight is 379 g/mol. The van der Waals surface area contributed by atoms with Crippen LogP contribution in [0.3, 0.4) is 0 Å². The van der Waals surface area contributed by atoms with Crippen LogP contribution >= 0.6 is 11.3 Å². The molecule has 27 heavy (non-hydrogen) atoms. The van der Waals surface area contributed by atoms with Gasteiger partial charge in [0.05, 0.1) is 24.7 Å². The standard InChI is InChI=1S/C20H21N5OS/c1-13-19-22-18(14-7-8-14)23-25(19)10-9-24(13)17(26)11-16-12-27-20(21-16)15-5-3-2-4-6-15/h2-6,12-14H,7-11H2,1H3/t13-/m1/s1. The van der Waals surface area contributed by atoms with E-state index < -0.39 is 0 Å². The summed E-state index contributed by atoms with van der Waals surface area (Å²) >= 11 is 1.59. The Kier molecular flexibility index (Phi) is 4.04. The van der Waals surface area contributed by atoms with Crippen molar-refractivity contribution in [2.24, 2.45) is 0 Å². The number of fused-ring (bicyclic) bond motifs is 1. The van der Waals surface area contributed by atoms with Crippen LogP contribution in [0.5, 0.6) is 0 Å². The first-order valence-electron chi connectivity index (χ1n) is 9.43. The number of aromatic nitrogens is 4. The van der Waals surface area contributed by atoms with E-state index in [1.807, 2.05) is 52.2 Å². The lowest BCUT2D eigenvalue weighted by atomic mass is 10.2. The van der Waals surface area contributed by atoms with E-state index in [-0.39, 0.29) is 11.9 Å². The Labute approximate surface area is 161 Å². The Bertz CT molecular complexity index is 975. The van der Waals surface area contributed by atoms with Crippen molar-refractivity contribution in [2.75, 3.05) is 6.54 Å². The molecule has 1 amide bonds. The number of carbonyl (C=O) groups excluding carboxylic acids is 1. The van der Waals surface area contributed by atoms with Crippen LogP contribution in [-0.4, -0.2) is 37.1 Å². The Morgan fingerprint density at radius 2 is 2.00 bits per heavy atom. The van der Waals surface area contributed by atoms with Gasteiger partial charge in [-0.1, -0.05) is 30.3 Å². The molecule has 6 nitrogen and oxygen atoms in total. The first-order chi connectivity index (χ1) is 13.2. The molecule has 0 N–H and O–H groups in total. The highest BCUT2D eigenvalue weighted by Crippen LogP contribution is 2.39. The van der Waals surface area contributed by atoms with Crippen molar-refractivity contribution in [3.8, 4) is 10.6 Å². The summed E-state index contributed by atoms with van der Waals surface area (Å²) < 4.78 is 1.98. The van der Waals surface area contributed by atoms with E-state index in [1.54, 1.807) is 11.3 Å². The minimum atomic E-state index is -0.0431. The highest BCUT2D eigenvalue weighted by Gasteiger charge is 2.34. The van der Waals surface area contributed by atoms with Gasteiger partial charge >= 0.3 is 0 Å². The number of hydrogen-bond donors (Lipinski definition) is 0. The van der Waals surface area contributed by atoms with Gasteiger partial charge < -0.3 is 4.90 Å². The van der Waals surface area contributed by atoms with Crippen LogP contribution in [0.1, 0.15) is 49.1 Å². The van der Waals surface area contributed by atoms with Crippen LogP contribution in [0, 0.1) is 0 Å². The molecule has 0 unspecified atom stereocenters. The van der Waals surface area contributed by atoms with Gasteiger partial charge in [-0.05, 0) is 19.8 Å².